The summed E-state index contributed by atoms with van der Waals surface area (Å²) in [5, 5.41) is 8.38. The van der Waals surface area contributed by atoms with Crippen LogP contribution >= 0.6 is 35.1 Å². The molecule has 1 aliphatic heterocycles. The fourth-order valence-electron chi connectivity index (χ4n) is 2.17. The lowest BCUT2D eigenvalue weighted by molar-refractivity contribution is 0.418. The Labute approximate surface area is 138 Å². The molecule has 3 rings (SSSR count). The molecule has 1 aliphatic rings. The maximum Gasteiger partial charge on any atom is 0.168 e. The molecule has 0 amide bonds. The van der Waals surface area contributed by atoms with Crippen molar-refractivity contribution in [1.82, 2.24) is 10.5 Å². The first-order valence-corrected chi connectivity index (χ1v) is 9.61. The molecule has 6 heteroatoms. The monoisotopic (exact) mass is 340 g/mol. The fraction of sp³-hybridized carbons (Fsp3) is 0.400. The molecule has 21 heavy (non-hydrogen) atoms. The van der Waals surface area contributed by atoms with Gasteiger partial charge < -0.3 is 9.84 Å². The zero-order chi connectivity index (χ0) is 14.5. The molecule has 0 radical (unpaired) electrons. The van der Waals surface area contributed by atoms with Gasteiger partial charge >= 0.3 is 0 Å². The normalized spacial score (nSPS) is 16.8. The van der Waals surface area contributed by atoms with Crippen LogP contribution in [0.5, 0.6) is 0 Å². The topological polar surface area (TPSA) is 38.1 Å². The molecule has 0 bridgehead atoms. The Morgan fingerprint density at radius 3 is 2.76 bits per heavy atom. The molecular formula is C15H17ClN2OS2. The first-order valence-electron chi connectivity index (χ1n) is 6.92. The minimum atomic E-state index is 0.544. The van der Waals surface area contributed by atoms with Gasteiger partial charge in [0.15, 0.2) is 5.76 Å². The average Bonchev–Trinajstić information content (AvgIpc) is 2.81. The van der Waals surface area contributed by atoms with Crippen LogP contribution in [0.4, 0.5) is 0 Å². The van der Waals surface area contributed by atoms with Crippen LogP contribution in [0.1, 0.15) is 5.69 Å². The van der Waals surface area contributed by atoms with E-state index in [1.165, 1.54) is 23.0 Å². The van der Waals surface area contributed by atoms with Gasteiger partial charge in [-0.15, -0.1) is 0 Å². The molecular weight excluding hydrogens is 324 g/mol. The SMILES string of the molecule is Clc1ccccc1-c1cc(CNC2CSCCSC2)no1. The van der Waals surface area contributed by atoms with Gasteiger partial charge in [-0.3, -0.25) is 0 Å². The summed E-state index contributed by atoms with van der Waals surface area (Å²) >= 11 is 10.2. The summed E-state index contributed by atoms with van der Waals surface area (Å²) in [6.07, 6.45) is 0. The zero-order valence-corrected chi connectivity index (χ0v) is 13.9. The smallest absolute Gasteiger partial charge is 0.168 e. The van der Waals surface area contributed by atoms with Gasteiger partial charge in [0.1, 0.15) is 0 Å². The van der Waals surface area contributed by atoms with Gasteiger partial charge in [0.05, 0.1) is 10.7 Å². The van der Waals surface area contributed by atoms with Crippen LogP contribution in [0.3, 0.4) is 0 Å². The van der Waals surface area contributed by atoms with E-state index in [1.807, 2.05) is 53.9 Å². The quantitative estimate of drug-likeness (QED) is 0.912. The van der Waals surface area contributed by atoms with Crippen molar-refractivity contribution in [3.05, 3.63) is 41.0 Å². The molecule has 112 valence electrons. The highest BCUT2D eigenvalue weighted by atomic mass is 35.5. The van der Waals surface area contributed by atoms with E-state index in [9.17, 15) is 0 Å². The second-order valence-electron chi connectivity index (χ2n) is 4.89. The largest absolute Gasteiger partial charge is 0.356 e. The van der Waals surface area contributed by atoms with Crippen LogP contribution in [0.25, 0.3) is 11.3 Å². The molecule has 0 saturated carbocycles. The second-order valence-corrected chi connectivity index (χ2v) is 7.60. The van der Waals surface area contributed by atoms with E-state index in [0.29, 0.717) is 11.1 Å². The molecule has 0 unspecified atom stereocenters. The van der Waals surface area contributed by atoms with Crippen molar-refractivity contribution >= 4 is 35.1 Å². The summed E-state index contributed by atoms with van der Waals surface area (Å²) in [6.45, 7) is 0.736. The molecule has 1 aromatic heterocycles. The highest BCUT2D eigenvalue weighted by molar-refractivity contribution is 8.03. The Morgan fingerprint density at radius 1 is 1.24 bits per heavy atom. The summed E-state index contributed by atoms with van der Waals surface area (Å²) in [5.41, 5.74) is 1.81. The number of hydrogen-bond donors (Lipinski definition) is 1. The number of nitrogens with zero attached hydrogens (tertiary/aromatic N) is 1. The molecule has 1 saturated heterocycles. The third-order valence-corrected chi connectivity index (χ3v) is 6.13. The molecule has 0 spiro atoms. The van der Waals surface area contributed by atoms with Crippen LogP contribution in [-0.2, 0) is 6.54 Å². The third-order valence-electron chi connectivity index (χ3n) is 3.28. The lowest BCUT2D eigenvalue weighted by Crippen LogP contribution is -2.32. The van der Waals surface area contributed by atoms with Crippen LogP contribution in [0, 0.1) is 0 Å². The molecule has 3 nitrogen and oxygen atoms in total. The number of halogens is 1. The van der Waals surface area contributed by atoms with Crippen molar-refractivity contribution in [3.8, 4) is 11.3 Å². The molecule has 0 atom stereocenters. The highest BCUT2D eigenvalue weighted by Gasteiger charge is 2.14. The summed E-state index contributed by atoms with van der Waals surface area (Å²) in [7, 11) is 0. The maximum absolute atomic E-state index is 6.18. The van der Waals surface area contributed by atoms with E-state index in [4.69, 9.17) is 16.1 Å². The molecule has 2 aromatic rings. The minimum absolute atomic E-state index is 0.544. The molecule has 1 fully saturated rings. The van der Waals surface area contributed by atoms with Gasteiger partial charge in [0.25, 0.3) is 0 Å². The first kappa shape index (κ1) is 15.3. The predicted molar refractivity (Wildman–Crippen MR) is 92.2 cm³/mol. The van der Waals surface area contributed by atoms with Crippen LogP contribution in [0.2, 0.25) is 5.02 Å². The zero-order valence-electron chi connectivity index (χ0n) is 11.5. The summed E-state index contributed by atoms with van der Waals surface area (Å²) in [6, 6.07) is 10.2. The van der Waals surface area contributed by atoms with Crippen LogP contribution < -0.4 is 5.32 Å². The van der Waals surface area contributed by atoms with E-state index < -0.39 is 0 Å². The van der Waals surface area contributed by atoms with Crippen LogP contribution in [0.15, 0.2) is 34.9 Å². The standard InChI is InChI=1S/C15H17ClN2OS2/c16-14-4-2-1-3-13(14)15-7-11(18-19-15)8-17-12-9-20-5-6-21-10-12/h1-4,7,12,17H,5-6,8-10H2. The lowest BCUT2D eigenvalue weighted by atomic mass is 10.1. The van der Waals surface area contributed by atoms with Gasteiger partial charge in [-0.05, 0) is 12.1 Å². The summed E-state index contributed by atoms with van der Waals surface area (Å²) < 4.78 is 5.41. The Morgan fingerprint density at radius 2 is 2.00 bits per heavy atom. The van der Waals surface area contributed by atoms with Crippen molar-refractivity contribution in [2.24, 2.45) is 0 Å². The van der Waals surface area contributed by atoms with E-state index in [1.54, 1.807) is 0 Å². The van der Waals surface area contributed by atoms with Gasteiger partial charge in [0, 0.05) is 47.2 Å². The van der Waals surface area contributed by atoms with E-state index in [-0.39, 0.29) is 0 Å². The van der Waals surface area contributed by atoms with Crippen molar-refractivity contribution in [3.63, 3.8) is 0 Å². The van der Waals surface area contributed by atoms with Gasteiger partial charge in [-0.1, -0.05) is 28.9 Å². The van der Waals surface area contributed by atoms with Crippen LogP contribution in [-0.4, -0.2) is 34.2 Å². The van der Waals surface area contributed by atoms with E-state index in [2.05, 4.69) is 10.5 Å². The Bertz CT molecular complexity index is 583. The second kappa shape index (κ2) is 7.58. The summed E-state index contributed by atoms with van der Waals surface area (Å²) in [5.74, 6) is 5.57. The number of hydrogen-bond acceptors (Lipinski definition) is 5. The lowest BCUT2D eigenvalue weighted by Gasteiger charge is -2.13. The van der Waals surface area contributed by atoms with Crippen molar-refractivity contribution in [1.29, 1.82) is 0 Å². The number of thioether (sulfide) groups is 2. The first-order chi connectivity index (χ1) is 10.3. The maximum atomic E-state index is 6.18. The van der Waals surface area contributed by atoms with E-state index in [0.717, 1.165) is 23.6 Å². The Kier molecular flexibility index (Phi) is 5.52. The fourth-order valence-corrected chi connectivity index (χ4v) is 4.86. The number of nitrogens with one attached hydrogen (secondary N) is 1. The number of benzene rings is 1. The van der Waals surface area contributed by atoms with Gasteiger partial charge in [0.2, 0.25) is 0 Å². The average molecular weight is 341 g/mol. The molecule has 2 heterocycles. The van der Waals surface area contributed by atoms with Crippen molar-refractivity contribution in [2.45, 2.75) is 12.6 Å². The third kappa shape index (κ3) is 4.19. The molecule has 1 aromatic carbocycles. The number of rotatable bonds is 4. The van der Waals surface area contributed by atoms with Crippen molar-refractivity contribution < 1.29 is 4.52 Å². The molecule has 1 N–H and O–H groups in total. The minimum Gasteiger partial charge on any atom is -0.356 e. The predicted octanol–water partition coefficient (Wildman–Crippen LogP) is 3.93. The Balaban J connectivity index is 1.61. The summed E-state index contributed by atoms with van der Waals surface area (Å²) in [4.78, 5) is 0. The number of aromatic nitrogens is 1. The van der Waals surface area contributed by atoms with Gasteiger partial charge in [-0.25, -0.2) is 0 Å². The van der Waals surface area contributed by atoms with E-state index >= 15 is 0 Å². The Hall–Kier alpha value is -0.620. The van der Waals surface area contributed by atoms with Crippen molar-refractivity contribution in [2.75, 3.05) is 23.0 Å². The van der Waals surface area contributed by atoms with Gasteiger partial charge in [-0.2, -0.15) is 23.5 Å². The molecule has 0 aliphatic carbocycles. The highest BCUT2D eigenvalue weighted by Crippen LogP contribution is 2.28.